The Kier molecular flexibility index (Phi) is 6.14. The first-order valence-electron chi connectivity index (χ1n) is 10.2. The summed E-state index contributed by atoms with van der Waals surface area (Å²) in [5.41, 5.74) is 6.10. The van der Waals surface area contributed by atoms with E-state index in [1.807, 2.05) is 55.5 Å². The van der Waals surface area contributed by atoms with Gasteiger partial charge in [-0.25, -0.2) is 5.10 Å². The highest BCUT2D eigenvalue weighted by Gasteiger charge is 2.13. The summed E-state index contributed by atoms with van der Waals surface area (Å²) in [4.78, 5) is 4.59. The molecular weight excluding hydrogens is 422 g/mol. The third-order valence-corrected chi connectivity index (χ3v) is 5.33. The highest BCUT2D eigenvalue weighted by Crippen LogP contribution is 2.32. The Labute approximate surface area is 192 Å². The molecule has 2 heterocycles. The van der Waals surface area contributed by atoms with Crippen LogP contribution in [0.5, 0.6) is 5.75 Å². The van der Waals surface area contributed by atoms with Crippen LogP contribution in [-0.4, -0.2) is 25.6 Å². The second-order valence-corrected chi connectivity index (χ2v) is 7.46. The number of nitrogens with one attached hydrogen (secondary N) is 1. The van der Waals surface area contributed by atoms with E-state index in [0.717, 1.165) is 44.6 Å². The highest BCUT2D eigenvalue weighted by atomic mass is 35.5. The monoisotopic (exact) mass is 443 g/mol. The van der Waals surface area contributed by atoms with Crippen LogP contribution in [0.25, 0.3) is 33.4 Å². The van der Waals surface area contributed by atoms with E-state index in [9.17, 15) is 0 Å². The van der Waals surface area contributed by atoms with E-state index in [0.29, 0.717) is 5.82 Å². The first-order valence-corrected chi connectivity index (χ1v) is 10.2. The van der Waals surface area contributed by atoms with Crippen molar-refractivity contribution in [2.24, 2.45) is 0 Å². The van der Waals surface area contributed by atoms with Gasteiger partial charge in [-0.2, -0.15) is 0 Å². The minimum absolute atomic E-state index is 0. The Morgan fingerprint density at radius 3 is 2.34 bits per heavy atom. The molecule has 0 saturated heterocycles. The maximum absolute atomic E-state index is 6.35. The van der Waals surface area contributed by atoms with Crippen molar-refractivity contribution < 1.29 is 4.74 Å². The fourth-order valence-corrected chi connectivity index (χ4v) is 3.77. The molecule has 160 valence electrons. The smallest absolute Gasteiger partial charge is 0.180 e. The Balaban J connectivity index is 0.00000245. The number of para-hydroxylation sites is 1. The molecule has 7 heteroatoms. The van der Waals surface area contributed by atoms with Gasteiger partial charge in [-0.1, -0.05) is 60.7 Å². The maximum Gasteiger partial charge on any atom is 0.180 e. The summed E-state index contributed by atoms with van der Waals surface area (Å²) in [5.74, 6) is 1.50. The number of nitrogens with zero attached hydrogens (tertiary/aromatic N) is 4. The minimum atomic E-state index is -0.104. The largest absolute Gasteiger partial charge is 0.485 e. The molecule has 0 saturated carbocycles. The van der Waals surface area contributed by atoms with Gasteiger partial charge in [0, 0.05) is 22.7 Å². The van der Waals surface area contributed by atoms with Crippen LogP contribution >= 0.6 is 12.4 Å². The fourth-order valence-electron chi connectivity index (χ4n) is 3.77. The van der Waals surface area contributed by atoms with Crippen molar-refractivity contribution in [2.75, 3.05) is 0 Å². The summed E-state index contributed by atoms with van der Waals surface area (Å²) >= 11 is 0. The molecule has 0 aliphatic heterocycles. The maximum atomic E-state index is 6.35. The summed E-state index contributed by atoms with van der Waals surface area (Å²) in [7, 11) is 0. The molecule has 0 aliphatic rings. The van der Waals surface area contributed by atoms with Gasteiger partial charge >= 0.3 is 0 Å². The van der Waals surface area contributed by atoms with Crippen LogP contribution in [0.3, 0.4) is 0 Å². The number of hydrogen-bond donors (Lipinski definition) is 1. The minimum Gasteiger partial charge on any atom is -0.485 e. The van der Waals surface area contributed by atoms with Gasteiger partial charge < -0.3 is 4.74 Å². The number of rotatable bonds is 5. The third-order valence-electron chi connectivity index (χ3n) is 5.33. The van der Waals surface area contributed by atoms with Crippen molar-refractivity contribution in [3.63, 3.8) is 0 Å². The molecular formula is C25H22ClN5O. The van der Waals surface area contributed by atoms with Crippen LogP contribution in [0, 0.1) is 6.92 Å². The zero-order valence-corrected chi connectivity index (χ0v) is 18.5. The average molecular weight is 444 g/mol. The van der Waals surface area contributed by atoms with Crippen LogP contribution in [0.15, 0.2) is 78.9 Å². The lowest BCUT2D eigenvalue weighted by atomic mass is 9.97. The van der Waals surface area contributed by atoms with Gasteiger partial charge in [0.25, 0.3) is 0 Å². The number of aryl methyl sites for hydroxylation is 1. The van der Waals surface area contributed by atoms with Crippen molar-refractivity contribution in [2.45, 2.75) is 20.0 Å². The molecule has 0 spiro atoms. The zero-order chi connectivity index (χ0) is 21.2. The van der Waals surface area contributed by atoms with Crippen LogP contribution in [0.1, 0.15) is 24.3 Å². The van der Waals surface area contributed by atoms with Crippen molar-refractivity contribution in [1.82, 2.24) is 25.6 Å². The Morgan fingerprint density at radius 2 is 1.59 bits per heavy atom. The fraction of sp³-hybridized carbons (Fsp3) is 0.120. The van der Waals surface area contributed by atoms with Crippen LogP contribution in [0.2, 0.25) is 0 Å². The average Bonchev–Trinajstić information content (AvgIpc) is 3.34. The van der Waals surface area contributed by atoms with Crippen molar-refractivity contribution in [1.29, 1.82) is 0 Å². The Morgan fingerprint density at radius 1 is 0.875 bits per heavy atom. The van der Waals surface area contributed by atoms with E-state index < -0.39 is 0 Å². The summed E-state index contributed by atoms with van der Waals surface area (Å²) in [6.45, 7) is 4.05. The van der Waals surface area contributed by atoms with Gasteiger partial charge in [0.1, 0.15) is 11.9 Å². The first-order chi connectivity index (χ1) is 15.2. The van der Waals surface area contributed by atoms with E-state index in [1.165, 1.54) is 0 Å². The van der Waals surface area contributed by atoms with Gasteiger partial charge in [-0.05, 0) is 53.1 Å². The van der Waals surface area contributed by atoms with Crippen LogP contribution in [-0.2, 0) is 0 Å². The molecule has 0 fully saturated rings. The molecule has 1 unspecified atom stereocenters. The number of aromatic nitrogens is 5. The molecule has 5 aromatic rings. The van der Waals surface area contributed by atoms with E-state index >= 15 is 0 Å². The second kappa shape index (κ2) is 9.16. The number of pyridine rings is 1. The third kappa shape index (κ3) is 4.18. The first kappa shape index (κ1) is 21.5. The number of H-pyrrole nitrogens is 1. The van der Waals surface area contributed by atoms with Gasteiger partial charge in [-0.15, -0.1) is 17.5 Å². The molecule has 0 bridgehead atoms. The highest BCUT2D eigenvalue weighted by molar-refractivity contribution is 5.86. The number of fused-ring (bicyclic) bond motifs is 1. The summed E-state index contributed by atoms with van der Waals surface area (Å²) in [6.07, 6.45) is -0.104. The Bertz CT molecular complexity index is 1340. The van der Waals surface area contributed by atoms with E-state index in [-0.39, 0.29) is 18.5 Å². The topological polar surface area (TPSA) is 76.6 Å². The number of hydrogen-bond acceptors (Lipinski definition) is 5. The molecule has 0 amide bonds. The molecule has 5 rings (SSSR count). The molecule has 32 heavy (non-hydrogen) atoms. The number of tetrazole rings is 1. The van der Waals surface area contributed by atoms with E-state index in [1.54, 1.807) is 0 Å². The van der Waals surface area contributed by atoms with Crippen molar-refractivity contribution >= 4 is 23.3 Å². The second-order valence-electron chi connectivity index (χ2n) is 7.46. The summed E-state index contributed by atoms with van der Waals surface area (Å²) in [5, 5.41) is 15.3. The normalized spacial score (nSPS) is 11.7. The van der Waals surface area contributed by atoms with Gasteiger partial charge in [0.2, 0.25) is 0 Å². The lowest BCUT2D eigenvalue weighted by Gasteiger charge is -2.18. The van der Waals surface area contributed by atoms with Gasteiger partial charge in [0.05, 0.1) is 5.52 Å². The zero-order valence-electron chi connectivity index (χ0n) is 17.7. The van der Waals surface area contributed by atoms with Gasteiger partial charge in [-0.3, -0.25) is 4.98 Å². The van der Waals surface area contributed by atoms with Crippen molar-refractivity contribution in [3.8, 4) is 28.3 Å². The molecule has 1 N–H and O–H groups in total. The molecule has 6 nitrogen and oxygen atoms in total. The predicted molar refractivity (Wildman–Crippen MR) is 128 cm³/mol. The quantitative estimate of drug-likeness (QED) is 0.363. The molecule has 3 aromatic carbocycles. The van der Waals surface area contributed by atoms with E-state index in [2.05, 4.69) is 62.9 Å². The standard InChI is InChI=1S/C25H21N5O.ClH/c1-16-15-24(22-9-5-6-10-23(22)26-16)31-17(2)18-11-13-19(14-12-18)20-7-3-4-8-21(20)25-27-29-30-28-25;/h3-15,17H,1-2H3,(H,27,28,29,30);1H. The number of ether oxygens (including phenoxy) is 1. The Hall–Kier alpha value is -3.77. The predicted octanol–water partition coefficient (Wildman–Crippen LogP) is 5.95. The summed E-state index contributed by atoms with van der Waals surface area (Å²) < 4.78 is 6.35. The lowest BCUT2D eigenvalue weighted by molar-refractivity contribution is 0.229. The van der Waals surface area contributed by atoms with Crippen LogP contribution < -0.4 is 4.74 Å². The summed E-state index contributed by atoms with van der Waals surface area (Å²) in [6, 6.07) is 26.5. The molecule has 1 atom stereocenters. The molecule has 0 aliphatic carbocycles. The molecule has 2 aromatic heterocycles. The lowest BCUT2D eigenvalue weighted by Crippen LogP contribution is -2.04. The SMILES string of the molecule is Cc1cc(OC(C)c2ccc(-c3ccccc3-c3nnn[nH]3)cc2)c2ccccc2n1.Cl. The van der Waals surface area contributed by atoms with Crippen LogP contribution in [0.4, 0.5) is 0 Å². The van der Waals surface area contributed by atoms with Gasteiger partial charge in [0.15, 0.2) is 5.82 Å². The van der Waals surface area contributed by atoms with Crippen molar-refractivity contribution in [3.05, 3.63) is 90.1 Å². The number of halogens is 1. The number of aromatic amines is 1. The van der Waals surface area contributed by atoms with E-state index in [4.69, 9.17) is 4.74 Å². The molecule has 0 radical (unpaired) electrons. The number of benzene rings is 3.